The zero-order valence-corrected chi connectivity index (χ0v) is 17.8. The van der Waals surface area contributed by atoms with Gasteiger partial charge in [0.2, 0.25) is 0 Å². The van der Waals surface area contributed by atoms with Crippen LogP contribution in [0.4, 0.5) is 0 Å². The molecule has 0 bridgehead atoms. The third-order valence-electron chi connectivity index (χ3n) is 7.47. The fourth-order valence-corrected chi connectivity index (χ4v) is 5.92. The Morgan fingerprint density at radius 2 is 1.90 bits per heavy atom. The number of hydrogen-bond acceptors (Lipinski definition) is 3. The normalized spacial score (nSPS) is 30.5. The van der Waals surface area contributed by atoms with Crippen LogP contribution in [0.1, 0.15) is 68.5 Å². The van der Waals surface area contributed by atoms with Gasteiger partial charge in [0, 0.05) is 40.9 Å². The molecule has 1 aliphatic heterocycles. The molecule has 1 N–H and O–H groups in total. The molecule has 154 valence electrons. The van der Waals surface area contributed by atoms with E-state index in [0.717, 1.165) is 37.4 Å². The van der Waals surface area contributed by atoms with E-state index >= 15 is 0 Å². The van der Waals surface area contributed by atoms with Crippen LogP contribution in [0.25, 0.3) is 0 Å². The number of ether oxygens (including phenoxy) is 1. The molecule has 0 amide bonds. The summed E-state index contributed by atoms with van der Waals surface area (Å²) in [7, 11) is 0. The third-order valence-corrected chi connectivity index (χ3v) is 7.72. The molecule has 2 aliphatic carbocycles. The molecule has 29 heavy (non-hydrogen) atoms. The molecule has 3 nitrogen and oxygen atoms in total. The second-order valence-corrected chi connectivity index (χ2v) is 9.80. The Labute approximate surface area is 179 Å². The van der Waals surface area contributed by atoms with Gasteiger partial charge in [-0.2, -0.15) is 0 Å². The van der Waals surface area contributed by atoms with Gasteiger partial charge in [0.1, 0.15) is 0 Å². The average molecular weight is 411 g/mol. The number of aromatic nitrogens is 1. The number of hydrogen-bond donors (Lipinski definition) is 1. The first kappa shape index (κ1) is 19.5. The van der Waals surface area contributed by atoms with Gasteiger partial charge in [-0.15, -0.1) is 0 Å². The number of rotatable bonds is 6. The lowest BCUT2D eigenvalue weighted by molar-refractivity contribution is -0.104. The Bertz CT molecular complexity index is 818. The van der Waals surface area contributed by atoms with E-state index in [9.17, 15) is 0 Å². The second-order valence-electron chi connectivity index (χ2n) is 9.37. The Balaban J connectivity index is 1.26. The summed E-state index contributed by atoms with van der Waals surface area (Å²) in [5, 5.41) is 4.66. The van der Waals surface area contributed by atoms with Crippen molar-refractivity contribution < 1.29 is 4.74 Å². The first-order chi connectivity index (χ1) is 14.2. The van der Waals surface area contributed by atoms with Crippen LogP contribution < -0.4 is 5.32 Å². The smallest absolute Gasteiger partial charge is 0.0691 e. The molecule has 1 spiro atoms. The van der Waals surface area contributed by atoms with Crippen LogP contribution in [-0.4, -0.2) is 29.8 Å². The van der Waals surface area contributed by atoms with Gasteiger partial charge in [-0.1, -0.05) is 42.6 Å². The predicted octanol–water partition coefficient (Wildman–Crippen LogP) is 5.63. The number of halogens is 1. The molecule has 1 aromatic carbocycles. The fourth-order valence-electron chi connectivity index (χ4n) is 5.79. The summed E-state index contributed by atoms with van der Waals surface area (Å²) >= 11 is 6.04. The molecule has 2 heterocycles. The van der Waals surface area contributed by atoms with Gasteiger partial charge < -0.3 is 10.1 Å². The highest BCUT2D eigenvalue weighted by Crippen LogP contribution is 2.50. The zero-order chi connectivity index (χ0) is 19.7. The molecule has 3 aliphatic rings. The summed E-state index contributed by atoms with van der Waals surface area (Å²) in [5.41, 5.74) is 2.91. The summed E-state index contributed by atoms with van der Waals surface area (Å²) in [6.07, 6.45) is 11.6. The van der Waals surface area contributed by atoms with Crippen molar-refractivity contribution >= 4 is 11.6 Å². The third kappa shape index (κ3) is 4.10. The maximum absolute atomic E-state index is 6.37. The Morgan fingerprint density at radius 3 is 2.66 bits per heavy atom. The summed E-state index contributed by atoms with van der Waals surface area (Å²) in [6.45, 7) is 1.91. The van der Waals surface area contributed by atoms with Crippen molar-refractivity contribution in [2.75, 3.05) is 13.2 Å². The first-order valence-electron chi connectivity index (χ1n) is 11.2. The van der Waals surface area contributed by atoms with Gasteiger partial charge in [-0.3, -0.25) is 4.98 Å². The van der Waals surface area contributed by atoms with Crippen molar-refractivity contribution in [3.8, 4) is 0 Å². The summed E-state index contributed by atoms with van der Waals surface area (Å²) < 4.78 is 6.37. The molecule has 0 radical (unpaired) electrons. The molecule has 4 heteroatoms. The van der Waals surface area contributed by atoms with Crippen LogP contribution in [0, 0.1) is 0 Å². The standard InChI is InChI=1S/C25H31ClN2O/c26-20-8-6-19(7-9-20)21-17-22(21)27-15-12-24(23-5-1-4-14-28-23)13-16-29-25(18-24)10-2-3-11-25/h1,4-9,14,21-22,27H,2-3,10-13,15-18H2/t21-,22+,24+/m0/s1. The van der Waals surface area contributed by atoms with Crippen LogP contribution in [0.5, 0.6) is 0 Å². The van der Waals surface area contributed by atoms with Gasteiger partial charge >= 0.3 is 0 Å². The van der Waals surface area contributed by atoms with E-state index in [1.165, 1.54) is 43.4 Å². The Morgan fingerprint density at radius 1 is 1.07 bits per heavy atom. The number of nitrogens with one attached hydrogen (secondary N) is 1. The highest BCUT2D eigenvalue weighted by molar-refractivity contribution is 6.30. The second kappa shape index (κ2) is 8.02. The predicted molar refractivity (Wildman–Crippen MR) is 118 cm³/mol. The van der Waals surface area contributed by atoms with E-state index in [1.54, 1.807) is 0 Å². The molecule has 2 saturated carbocycles. The summed E-state index contributed by atoms with van der Waals surface area (Å²) in [6, 6.07) is 15.4. The first-order valence-corrected chi connectivity index (χ1v) is 11.6. The van der Waals surface area contributed by atoms with Gasteiger partial charge in [0.25, 0.3) is 0 Å². The Hall–Kier alpha value is -1.42. The van der Waals surface area contributed by atoms with Crippen molar-refractivity contribution in [2.45, 2.75) is 74.3 Å². The van der Waals surface area contributed by atoms with Gasteiger partial charge in [-0.05, 0) is 74.9 Å². The summed E-state index contributed by atoms with van der Waals surface area (Å²) in [5.74, 6) is 0.633. The molecule has 1 saturated heterocycles. The SMILES string of the molecule is Clc1ccc([C@@H]2C[C@H]2NCC[C@@]2(c3ccccn3)CCOC3(CCCC3)C2)cc1. The lowest BCUT2D eigenvalue weighted by atomic mass is 9.68. The minimum absolute atomic E-state index is 0.0984. The highest BCUT2D eigenvalue weighted by Gasteiger charge is 2.48. The van der Waals surface area contributed by atoms with Crippen LogP contribution >= 0.6 is 11.6 Å². The monoisotopic (exact) mass is 410 g/mol. The number of pyridine rings is 1. The lowest BCUT2D eigenvalue weighted by Crippen LogP contribution is -2.47. The number of nitrogens with zero attached hydrogens (tertiary/aromatic N) is 1. The largest absolute Gasteiger partial charge is 0.375 e. The van der Waals surface area contributed by atoms with Crippen molar-refractivity contribution in [3.63, 3.8) is 0 Å². The summed E-state index contributed by atoms with van der Waals surface area (Å²) in [4.78, 5) is 4.82. The van der Waals surface area contributed by atoms with E-state index in [0.29, 0.717) is 12.0 Å². The van der Waals surface area contributed by atoms with Gasteiger partial charge in [0.05, 0.1) is 5.60 Å². The van der Waals surface area contributed by atoms with Crippen LogP contribution in [-0.2, 0) is 10.2 Å². The molecular formula is C25H31ClN2O. The van der Waals surface area contributed by atoms with E-state index in [-0.39, 0.29) is 11.0 Å². The van der Waals surface area contributed by atoms with Crippen LogP contribution in [0.3, 0.4) is 0 Å². The molecule has 3 atom stereocenters. The van der Waals surface area contributed by atoms with E-state index < -0.39 is 0 Å². The van der Waals surface area contributed by atoms with Crippen molar-refractivity contribution in [1.82, 2.24) is 10.3 Å². The quantitative estimate of drug-likeness (QED) is 0.669. The van der Waals surface area contributed by atoms with Crippen LogP contribution in [0.2, 0.25) is 5.02 Å². The van der Waals surface area contributed by atoms with Crippen molar-refractivity contribution in [2.24, 2.45) is 0 Å². The van der Waals surface area contributed by atoms with Crippen molar-refractivity contribution in [3.05, 3.63) is 64.9 Å². The van der Waals surface area contributed by atoms with Gasteiger partial charge in [-0.25, -0.2) is 0 Å². The minimum atomic E-state index is 0.0984. The molecule has 3 fully saturated rings. The Kier molecular flexibility index (Phi) is 5.40. The maximum atomic E-state index is 6.37. The molecule has 0 unspecified atom stereocenters. The topological polar surface area (TPSA) is 34.2 Å². The van der Waals surface area contributed by atoms with E-state index in [2.05, 4.69) is 29.6 Å². The van der Waals surface area contributed by atoms with Crippen LogP contribution in [0.15, 0.2) is 48.7 Å². The minimum Gasteiger partial charge on any atom is -0.375 e. The maximum Gasteiger partial charge on any atom is 0.0691 e. The zero-order valence-electron chi connectivity index (χ0n) is 17.1. The van der Waals surface area contributed by atoms with E-state index in [1.807, 2.05) is 24.4 Å². The number of benzene rings is 1. The molecule has 2 aromatic rings. The molecular weight excluding hydrogens is 380 g/mol. The van der Waals surface area contributed by atoms with E-state index in [4.69, 9.17) is 21.3 Å². The molecule has 5 rings (SSSR count). The van der Waals surface area contributed by atoms with Gasteiger partial charge in [0.15, 0.2) is 0 Å². The fraction of sp³-hybridized carbons (Fsp3) is 0.560. The highest BCUT2D eigenvalue weighted by atomic mass is 35.5. The molecule has 1 aromatic heterocycles. The van der Waals surface area contributed by atoms with Crippen molar-refractivity contribution in [1.29, 1.82) is 0 Å². The lowest BCUT2D eigenvalue weighted by Gasteiger charge is -2.46. The average Bonchev–Trinajstić information content (AvgIpc) is 3.39.